The molecule has 0 radical (unpaired) electrons. The van der Waals surface area contributed by atoms with E-state index in [0.29, 0.717) is 17.8 Å². The molecule has 2 aromatic rings. The number of quaternary nitrogens is 1. The molecule has 1 saturated heterocycles. The molecule has 1 heterocycles. The third kappa shape index (κ3) is 4.08. The van der Waals surface area contributed by atoms with Crippen LogP contribution in [0.2, 0.25) is 0 Å². The average Bonchev–Trinajstić information content (AvgIpc) is 3.17. The Morgan fingerprint density at radius 2 is 1.88 bits per heavy atom. The SMILES string of the molecule is CC(=O)c1ccc(NC[C@H](c2ccccc2)[NH+]2CCCC2)c([N+](=O)[O-])c1. The van der Waals surface area contributed by atoms with Gasteiger partial charge < -0.3 is 10.2 Å². The van der Waals surface area contributed by atoms with E-state index in [1.54, 1.807) is 12.1 Å². The Morgan fingerprint density at radius 1 is 1.19 bits per heavy atom. The summed E-state index contributed by atoms with van der Waals surface area (Å²) in [4.78, 5) is 24.0. The fraction of sp³-hybridized carbons (Fsp3) is 0.350. The average molecular weight is 354 g/mol. The first kappa shape index (κ1) is 18.1. The number of rotatable bonds is 7. The molecule has 6 heteroatoms. The molecule has 0 spiro atoms. The molecule has 1 fully saturated rings. The molecule has 136 valence electrons. The summed E-state index contributed by atoms with van der Waals surface area (Å²) < 4.78 is 0. The van der Waals surface area contributed by atoms with E-state index in [-0.39, 0.29) is 17.5 Å². The molecule has 3 rings (SSSR count). The van der Waals surface area contributed by atoms with E-state index in [1.807, 2.05) is 18.2 Å². The molecule has 26 heavy (non-hydrogen) atoms. The van der Waals surface area contributed by atoms with E-state index >= 15 is 0 Å². The molecule has 0 aromatic heterocycles. The van der Waals surface area contributed by atoms with Crippen LogP contribution >= 0.6 is 0 Å². The quantitative estimate of drug-likeness (QED) is 0.455. The summed E-state index contributed by atoms with van der Waals surface area (Å²) in [6, 6.07) is 15.2. The Labute approximate surface area is 153 Å². The van der Waals surface area contributed by atoms with E-state index in [1.165, 1.54) is 36.3 Å². The van der Waals surface area contributed by atoms with Gasteiger partial charge >= 0.3 is 0 Å². The van der Waals surface area contributed by atoms with Gasteiger partial charge in [-0.05, 0) is 19.1 Å². The lowest BCUT2D eigenvalue weighted by molar-refractivity contribution is -0.917. The van der Waals surface area contributed by atoms with E-state index in [0.717, 1.165) is 13.1 Å². The molecule has 1 atom stereocenters. The molecule has 6 nitrogen and oxygen atoms in total. The first-order valence-corrected chi connectivity index (χ1v) is 8.99. The van der Waals surface area contributed by atoms with E-state index in [4.69, 9.17) is 0 Å². The van der Waals surface area contributed by atoms with E-state index < -0.39 is 4.92 Å². The topological polar surface area (TPSA) is 76.7 Å². The third-order valence-electron chi connectivity index (χ3n) is 5.04. The highest BCUT2D eigenvalue weighted by Crippen LogP contribution is 2.26. The van der Waals surface area contributed by atoms with Crippen molar-refractivity contribution < 1.29 is 14.6 Å². The van der Waals surface area contributed by atoms with Crippen LogP contribution in [-0.4, -0.2) is 30.3 Å². The number of carbonyl (C=O) groups excluding carboxylic acids is 1. The normalized spacial score (nSPS) is 15.6. The van der Waals surface area contributed by atoms with Crippen LogP contribution in [0, 0.1) is 10.1 Å². The van der Waals surface area contributed by atoms with Gasteiger partial charge in [-0.2, -0.15) is 0 Å². The summed E-state index contributed by atoms with van der Waals surface area (Å²) in [5.41, 5.74) is 1.99. The molecular formula is C20H24N3O3+. The van der Waals surface area contributed by atoms with Crippen molar-refractivity contribution >= 4 is 17.2 Å². The Morgan fingerprint density at radius 3 is 2.50 bits per heavy atom. The van der Waals surface area contributed by atoms with Crippen LogP contribution in [0.1, 0.15) is 41.7 Å². The van der Waals surface area contributed by atoms with Crippen molar-refractivity contribution in [2.45, 2.75) is 25.8 Å². The van der Waals surface area contributed by atoms with Crippen LogP contribution in [0.3, 0.4) is 0 Å². The standard InChI is InChI=1S/C20H23N3O3/c1-15(24)17-9-10-18(19(13-17)23(25)26)21-14-20(22-11-5-6-12-22)16-7-3-2-4-8-16/h2-4,7-10,13,20-21H,5-6,11-12,14H2,1H3/p+1/t20-/m1/s1. The monoisotopic (exact) mass is 354 g/mol. The van der Waals surface area contributed by atoms with Crippen molar-refractivity contribution in [2.75, 3.05) is 25.0 Å². The fourth-order valence-corrected chi connectivity index (χ4v) is 3.62. The third-order valence-corrected chi connectivity index (χ3v) is 5.04. The molecule has 0 unspecified atom stereocenters. The summed E-state index contributed by atoms with van der Waals surface area (Å²) in [6.07, 6.45) is 2.43. The second-order valence-corrected chi connectivity index (χ2v) is 6.75. The molecule has 0 saturated carbocycles. The van der Waals surface area contributed by atoms with Gasteiger partial charge in [-0.1, -0.05) is 30.3 Å². The van der Waals surface area contributed by atoms with Gasteiger partial charge in [0.15, 0.2) is 5.78 Å². The summed E-state index contributed by atoms with van der Waals surface area (Å²) >= 11 is 0. The van der Waals surface area contributed by atoms with Gasteiger partial charge in [0.2, 0.25) is 0 Å². The predicted molar refractivity (Wildman–Crippen MR) is 101 cm³/mol. The molecule has 0 bridgehead atoms. The van der Waals surface area contributed by atoms with Crippen molar-refractivity contribution in [2.24, 2.45) is 0 Å². The van der Waals surface area contributed by atoms with Crippen LogP contribution < -0.4 is 10.2 Å². The highest BCUT2D eigenvalue weighted by molar-refractivity contribution is 5.95. The molecule has 1 aliphatic rings. The number of Topliss-reactive ketones (excluding diaryl/α,β-unsaturated/α-hetero) is 1. The maximum atomic E-state index is 11.5. The minimum absolute atomic E-state index is 0.0547. The largest absolute Gasteiger partial charge is 0.373 e. The molecule has 2 N–H and O–H groups in total. The van der Waals surface area contributed by atoms with Crippen LogP contribution in [0.5, 0.6) is 0 Å². The fourth-order valence-electron chi connectivity index (χ4n) is 3.62. The number of likely N-dealkylation sites (tertiary alicyclic amines) is 1. The van der Waals surface area contributed by atoms with Gasteiger partial charge in [-0.3, -0.25) is 14.9 Å². The highest BCUT2D eigenvalue weighted by atomic mass is 16.6. The Hall–Kier alpha value is -2.73. The van der Waals surface area contributed by atoms with Crippen molar-refractivity contribution in [1.82, 2.24) is 0 Å². The lowest BCUT2D eigenvalue weighted by atomic mass is 10.0. The first-order valence-electron chi connectivity index (χ1n) is 8.99. The van der Waals surface area contributed by atoms with Crippen molar-refractivity contribution in [3.05, 3.63) is 69.8 Å². The number of hydrogen-bond acceptors (Lipinski definition) is 4. The number of nitro groups is 1. The van der Waals surface area contributed by atoms with Gasteiger partial charge in [-0.15, -0.1) is 0 Å². The lowest BCUT2D eigenvalue weighted by Gasteiger charge is -2.25. The van der Waals surface area contributed by atoms with E-state index in [9.17, 15) is 14.9 Å². The van der Waals surface area contributed by atoms with Crippen LogP contribution in [0.25, 0.3) is 0 Å². The summed E-state index contributed by atoms with van der Waals surface area (Å²) in [5, 5.41) is 14.7. The van der Waals surface area contributed by atoms with Gasteiger partial charge in [0, 0.05) is 30.0 Å². The van der Waals surface area contributed by atoms with Crippen LogP contribution in [0.15, 0.2) is 48.5 Å². The summed E-state index contributed by atoms with van der Waals surface area (Å²) in [7, 11) is 0. The smallest absolute Gasteiger partial charge is 0.293 e. The molecule has 1 aliphatic heterocycles. The van der Waals surface area contributed by atoms with Gasteiger partial charge in [0.1, 0.15) is 11.7 Å². The predicted octanol–water partition coefficient (Wildman–Crippen LogP) is 2.63. The number of nitrogens with zero attached hydrogens (tertiary/aromatic N) is 1. The summed E-state index contributed by atoms with van der Waals surface area (Å²) in [5.74, 6) is -0.177. The molecular weight excluding hydrogens is 330 g/mol. The zero-order chi connectivity index (χ0) is 18.5. The van der Waals surface area contributed by atoms with Gasteiger partial charge in [0.25, 0.3) is 5.69 Å². The summed E-state index contributed by atoms with van der Waals surface area (Å²) in [6.45, 7) is 4.26. The number of carbonyl (C=O) groups is 1. The van der Waals surface area contributed by atoms with E-state index in [2.05, 4.69) is 17.4 Å². The van der Waals surface area contributed by atoms with Crippen molar-refractivity contribution in [3.63, 3.8) is 0 Å². The number of nitro benzene ring substituents is 1. The van der Waals surface area contributed by atoms with Crippen LogP contribution in [-0.2, 0) is 0 Å². The highest BCUT2D eigenvalue weighted by Gasteiger charge is 2.28. The number of benzene rings is 2. The maximum Gasteiger partial charge on any atom is 0.293 e. The van der Waals surface area contributed by atoms with Crippen molar-refractivity contribution in [3.8, 4) is 0 Å². The number of hydrogen-bond donors (Lipinski definition) is 2. The second kappa shape index (κ2) is 8.10. The minimum atomic E-state index is -0.436. The first-order chi connectivity index (χ1) is 12.6. The molecule has 0 aliphatic carbocycles. The Kier molecular flexibility index (Phi) is 5.63. The zero-order valence-electron chi connectivity index (χ0n) is 14.9. The number of anilines is 1. The van der Waals surface area contributed by atoms with Gasteiger partial charge in [0.05, 0.1) is 24.6 Å². The number of nitrogens with one attached hydrogen (secondary N) is 2. The Bertz CT molecular complexity index is 786. The zero-order valence-corrected chi connectivity index (χ0v) is 14.9. The lowest BCUT2D eigenvalue weighted by Crippen LogP contribution is -3.11. The minimum Gasteiger partial charge on any atom is -0.373 e. The molecule has 0 amide bonds. The number of ketones is 1. The van der Waals surface area contributed by atoms with Gasteiger partial charge in [-0.25, -0.2) is 0 Å². The second-order valence-electron chi connectivity index (χ2n) is 6.75. The maximum absolute atomic E-state index is 11.5. The van der Waals surface area contributed by atoms with Crippen LogP contribution in [0.4, 0.5) is 11.4 Å². The van der Waals surface area contributed by atoms with Crippen molar-refractivity contribution in [1.29, 1.82) is 0 Å². The molecule has 2 aromatic carbocycles. The Balaban J connectivity index is 1.82.